The molecule has 0 aromatic heterocycles. The van der Waals surface area contributed by atoms with Gasteiger partial charge in [0.15, 0.2) is 0 Å². The summed E-state index contributed by atoms with van der Waals surface area (Å²) in [5.41, 5.74) is 2.70. The summed E-state index contributed by atoms with van der Waals surface area (Å²) >= 11 is 3.49. The van der Waals surface area contributed by atoms with Crippen LogP contribution < -0.4 is 4.90 Å². The van der Waals surface area contributed by atoms with E-state index in [1.807, 2.05) is 43.3 Å². The van der Waals surface area contributed by atoms with Crippen molar-refractivity contribution in [1.82, 2.24) is 0 Å². The van der Waals surface area contributed by atoms with Crippen LogP contribution in [0.4, 0.5) is 5.69 Å². The van der Waals surface area contributed by atoms with Gasteiger partial charge in [0.25, 0.3) is 0 Å². The molecule has 3 aliphatic carbocycles. The van der Waals surface area contributed by atoms with E-state index in [1.165, 1.54) is 4.90 Å². The first-order valence-corrected chi connectivity index (χ1v) is 11.2. The number of hydrogen-bond donors (Lipinski definition) is 1. The summed E-state index contributed by atoms with van der Waals surface area (Å²) in [5.74, 6) is -4.03. The largest absolute Gasteiger partial charge is 0.480 e. The lowest BCUT2D eigenvalue weighted by Crippen LogP contribution is -2.57. The van der Waals surface area contributed by atoms with Gasteiger partial charge in [0, 0.05) is 10.4 Å². The predicted molar refractivity (Wildman–Crippen MR) is 121 cm³/mol. The molecule has 158 valence electrons. The van der Waals surface area contributed by atoms with Crippen LogP contribution in [0.5, 0.6) is 0 Å². The maximum Gasteiger partial charge on any atom is 0.319 e. The Labute approximate surface area is 192 Å². The smallest absolute Gasteiger partial charge is 0.319 e. The van der Waals surface area contributed by atoms with Crippen LogP contribution in [0.25, 0.3) is 0 Å². The highest BCUT2D eigenvalue weighted by atomic mass is 79.9. The number of anilines is 1. The summed E-state index contributed by atoms with van der Waals surface area (Å²) in [6.07, 6.45) is 0. The maximum absolute atomic E-state index is 13.9. The van der Waals surface area contributed by atoms with E-state index in [0.29, 0.717) is 21.3 Å². The van der Waals surface area contributed by atoms with Crippen molar-refractivity contribution in [2.45, 2.75) is 18.3 Å². The van der Waals surface area contributed by atoms with Gasteiger partial charge in [-0.3, -0.25) is 14.4 Å². The molecule has 2 atom stereocenters. The third-order valence-electron chi connectivity index (χ3n) is 7.30. The van der Waals surface area contributed by atoms with Gasteiger partial charge < -0.3 is 5.11 Å². The number of carbonyl (C=O) groups excluding carboxylic acids is 2. The number of carboxylic acids is 1. The molecule has 3 aromatic rings. The zero-order chi connectivity index (χ0) is 22.4. The SMILES string of the molecule is Cc1ccc(N2C(=O)[C@@H]3C4c5ccccc5C(C(=O)O)(c5ccccc54)[C@@H]3C2=O)c(Br)c1. The Bertz CT molecular complexity index is 1320. The second-order valence-corrected chi connectivity index (χ2v) is 9.59. The highest BCUT2D eigenvalue weighted by Crippen LogP contribution is 2.64. The van der Waals surface area contributed by atoms with Crippen LogP contribution in [-0.2, 0) is 19.8 Å². The van der Waals surface area contributed by atoms with Crippen molar-refractivity contribution in [3.05, 3.63) is 99.0 Å². The molecule has 1 aliphatic heterocycles. The average molecular weight is 488 g/mol. The lowest BCUT2D eigenvalue weighted by atomic mass is 9.47. The molecule has 2 amide bonds. The van der Waals surface area contributed by atoms with Gasteiger partial charge in [-0.1, -0.05) is 54.6 Å². The molecule has 32 heavy (non-hydrogen) atoms. The minimum absolute atomic E-state index is 0.343. The molecular weight excluding hydrogens is 470 g/mol. The van der Waals surface area contributed by atoms with Crippen LogP contribution in [0.2, 0.25) is 0 Å². The van der Waals surface area contributed by atoms with Crippen LogP contribution in [0, 0.1) is 18.8 Å². The summed E-state index contributed by atoms with van der Waals surface area (Å²) in [6, 6.07) is 20.1. The van der Waals surface area contributed by atoms with Gasteiger partial charge in [-0.25, -0.2) is 4.90 Å². The molecule has 0 radical (unpaired) electrons. The van der Waals surface area contributed by atoms with Gasteiger partial charge in [-0.2, -0.15) is 0 Å². The molecule has 1 saturated heterocycles. The van der Waals surface area contributed by atoms with Gasteiger partial charge in [-0.15, -0.1) is 0 Å². The lowest BCUT2D eigenvalue weighted by Gasteiger charge is -2.51. The quantitative estimate of drug-likeness (QED) is 0.543. The molecule has 5 nitrogen and oxygen atoms in total. The molecule has 1 fully saturated rings. The standard InChI is InChI=1S/C26H18BrNO4/c1-13-10-11-19(18(27)12-13)28-23(29)21-20-14-6-2-4-8-16(14)26(25(31)32,22(21)24(28)30)17-9-5-3-7-15(17)20/h2-12,20-22H,1H3,(H,31,32)/t20?,21-,22+,26?/m1/s1. The fourth-order valence-corrected chi connectivity index (χ4v) is 6.84. The minimum atomic E-state index is -1.61. The molecule has 0 saturated carbocycles. The number of aliphatic carboxylic acids is 1. The molecule has 3 aromatic carbocycles. The topological polar surface area (TPSA) is 74.7 Å². The number of carbonyl (C=O) groups is 3. The highest BCUT2D eigenvalue weighted by molar-refractivity contribution is 9.10. The Hall–Kier alpha value is -3.25. The van der Waals surface area contributed by atoms with Crippen molar-refractivity contribution in [2.24, 2.45) is 11.8 Å². The number of nitrogens with zero attached hydrogens (tertiary/aromatic N) is 1. The second kappa shape index (κ2) is 6.39. The van der Waals surface area contributed by atoms with E-state index in [4.69, 9.17) is 0 Å². The lowest BCUT2D eigenvalue weighted by molar-refractivity contribution is -0.149. The van der Waals surface area contributed by atoms with Crippen LogP contribution in [-0.4, -0.2) is 22.9 Å². The van der Waals surface area contributed by atoms with Crippen LogP contribution in [0.3, 0.4) is 0 Å². The number of benzene rings is 3. The summed E-state index contributed by atoms with van der Waals surface area (Å²) in [7, 11) is 0. The van der Waals surface area contributed by atoms with Crippen LogP contribution in [0.1, 0.15) is 33.7 Å². The van der Waals surface area contributed by atoms with E-state index in [9.17, 15) is 19.5 Å². The van der Waals surface area contributed by atoms with Crippen molar-refractivity contribution in [3.8, 4) is 0 Å². The van der Waals surface area contributed by atoms with Crippen molar-refractivity contribution < 1.29 is 19.5 Å². The molecule has 1 N–H and O–H groups in total. The molecule has 7 rings (SSSR count). The van der Waals surface area contributed by atoms with Crippen molar-refractivity contribution >= 4 is 39.4 Å². The first-order valence-electron chi connectivity index (χ1n) is 10.4. The number of rotatable bonds is 2. The Morgan fingerprint density at radius 1 is 0.938 bits per heavy atom. The summed E-state index contributed by atoms with van der Waals surface area (Å²) < 4.78 is 0.629. The van der Waals surface area contributed by atoms with Crippen LogP contribution >= 0.6 is 15.9 Å². The Balaban J connectivity index is 1.67. The normalized spacial score (nSPS) is 27.2. The second-order valence-electron chi connectivity index (χ2n) is 8.74. The van der Waals surface area contributed by atoms with E-state index >= 15 is 0 Å². The van der Waals surface area contributed by atoms with Crippen molar-refractivity contribution in [3.63, 3.8) is 0 Å². The summed E-state index contributed by atoms with van der Waals surface area (Å²) in [4.78, 5) is 42.1. The maximum atomic E-state index is 13.9. The molecule has 1 heterocycles. The molecule has 2 bridgehead atoms. The molecule has 0 unspecified atom stereocenters. The fraction of sp³-hybridized carbons (Fsp3) is 0.192. The molecule has 4 aliphatic rings. The van der Waals surface area contributed by atoms with Gasteiger partial charge in [0.05, 0.1) is 17.5 Å². The Morgan fingerprint density at radius 2 is 1.53 bits per heavy atom. The van der Waals surface area contributed by atoms with Gasteiger partial charge in [0.2, 0.25) is 11.8 Å². The molecule has 0 spiro atoms. The molecule has 6 heteroatoms. The monoisotopic (exact) mass is 487 g/mol. The highest BCUT2D eigenvalue weighted by Gasteiger charge is 2.71. The zero-order valence-electron chi connectivity index (χ0n) is 17.1. The first-order chi connectivity index (χ1) is 15.4. The third kappa shape index (κ3) is 2.11. The van der Waals surface area contributed by atoms with E-state index < -0.39 is 29.1 Å². The Kier molecular flexibility index (Phi) is 3.88. The zero-order valence-corrected chi connectivity index (χ0v) is 18.7. The van der Waals surface area contributed by atoms with Crippen LogP contribution in [0.15, 0.2) is 71.2 Å². The number of imide groups is 1. The first kappa shape index (κ1) is 19.4. The van der Waals surface area contributed by atoms with Crippen molar-refractivity contribution in [1.29, 1.82) is 0 Å². The number of amides is 2. The predicted octanol–water partition coefficient (Wildman–Crippen LogP) is 4.39. The van der Waals surface area contributed by atoms with E-state index in [2.05, 4.69) is 15.9 Å². The third-order valence-corrected chi connectivity index (χ3v) is 7.93. The van der Waals surface area contributed by atoms with Crippen molar-refractivity contribution in [2.75, 3.05) is 4.90 Å². The van der Waals surface area contributed by atoms with Gasteiger partial charge >= 0.3 is 5.97 Å². The Morgan fingerprint density at radius 3 is 2.09 bits per heavy atom. The van der Waals surface area contributed by atoms with E-state index in [-0.39, 0.29) is 11.8 Å². The number of halogens is 1. The van der Waals surface area contributed by atoms with Gasteiger partial charge in [-0.05, 0) is 62.8 Å². The summed E-state index contributed by atoms with van der Waals surface area (Å²) in [6.45, 7) is 1.93. The summed E-state index contributed by atoms with van der Waals surface area (Å²) in [5, 5.41) is 10.7. The number of aryl methyl sites for hydroxylation is 1. The number of hydrogen-bond acceptors (Lipinski definition) is 3. The van der Waals surface area contributed by atoms with Gasteiger partial charge in [0.1, 0.15) is 5.41 Å². The van der Waals surface area contributed by atoms with E-state index in [1.54, 1.807) is 30.3 Å². The fourth-order valence-electron chi connectivity index (χ4n) is 6.17. The molecular formula is C26H18BrNO4. The van der Waals surface area contributed by atoms with E-state index in [0.717, 1.165) is 16.7 Å². The number of carboxylic acid groups (broad SMARTS) is 1. The average Bonchev–Trinajstić information content (AvgIpc) is 3.05. The minimum Gasteiger partial charge on any atom is -0.480 e.